The molecule has 0 aliphatic rings. The molecule has 0 atom stereocenters. The maximum absolute atomic E-state index is 5.66. The Hall–Kier alpha value is -2.64. The molecule has 6 heteroatoms. The van der Waals surface area contributed by atoms with Gasteiger partial charge in [-0.25, -0.2) is 0 Å². The predicted octanol–water partition coefficient (Wildman–Crippen LogP) is 10.6. The molecule has 0 fully saturated rings. The molecular weight excluding hydrogens is 521 g/mol. The maximum atomic E-state index is 5.66. The number of benzene rings is 1. The van der Waals surface area contributed by atoms with Gasteiger partial charge in [0.25, 0.3) is 0 Å². The van der Waals surface area contributed by atoms with E-state index in [0.717, 1.165) is 22.6 Å². The molecule has 0 radical (unpaired) electrons. The third-order valence-corrected chi connectivity index (χ3v) is 11.5. The Bertz CT molecular complexity index is 1600. The van der Waals surface area contributed by atoms with Crippen molar-refractivity contribution >= 4 is 73.0 Å². The third-order valence-electron chi connectivity index (χ3n) is 6.15. The lowest BCUT2D eigenvalue weighted by atomic mass is 10.1. The summed E-state index contributed by atoms with van der Waals surface area (Å²) >= 11 is 7.58. The van der Waals surface area contributed by atoms with Crippen molar-refractivity contribution in [3.8, 4) is 31.0 Å². The van der Waals surface area contributed by atoms with Gasteiger partial charge in [0.2, 0.25) is 0 Å². The summed E-state index contributed by atoms with van der Waals surface area (Å²) in [5.41, 5.74) is 4.81. The first kappa shape index (κ1) is 25.0. The van der Waals surface area contributed by atoms with Crippen LogP contribution in [0.4, 0.5) is 0 Å². The van der Waals surface area contributed by atoms with Gasteiger partial charge in [0.1, 0.15) is 11.5 Å². The highest BCUT2D eigenvalue weighted by molar-refractivity contribution is 7.34. The molecule has 0 N–H and O–H groups in total. The minimum atomic E-state index is 0.832. The summed E-state index contributed by atoms with van der Waals surface area (Å²) in [5.74, 6) is 1.67. The quantitative estimate of drug-likeness (QED) is 0.201. The van der Waals surface area contributed by atoms with Crippen LogP contribution in [0.1, 0.15) is 38.9 Å². The SMILES string of the molecule is C/C=C/c1cc(OC)c(/C=C/c2ccc(-c3sc4c(C)c(-c5ccc(C)s5)sc4c3C)s2)cc1OC. The minimum absolute atomic E-state index is 0.832. The topological polar surface area (TPSA) is 18.5 Å². The molecule has 2 nitrogen and oxygen atoms in total. The molecule has 5 aromatic rings. The van der Waals surface area contributed by atoms with E-state index < -0.39 is 0 Å². The van der Waals surface area contributed by atoms with Crippen LogP contribution >= 0.6 is 45.3 Å². The van der Waals surface area contributed by atoms with Crippen LogP contribution in [0.3, 0.4) is 0 Å². The Labute approximate surface area is 228 Å². The van der Waals surface area contributed by atoms with E-state index in [4.69, 9.17) is 9.47 Å². The first-order valence-corrected chi connectivity index (χ1v) is 15.0. The molecule has 0 aliphatic carbocycles. The van der Waals surface area contributed by atoms with Crippen molar-refractivity contribution in [2.24, 2.45) is 0 Å². The van der Waals surface area contributed by atoms with Crippen molar-refractivity contribution in [3.63, 3.8) is 0 Å². The van der Waals surface area contributed by atoms with Gasteiger partial charge in [-0.15, -0.1) is 45.3 Å². The Kier molecular flexibility index (Phi) is 7.22. The van der Waals surface area contributed by atoms with Gasteiger partial charge in [0.15, 0.2) is 0 Å². The van der Waals surface area contributed by atoms with Crippen molar-refractivity contribution in [2.75, 3.05) is 14.2 Å². The highest BCUT2D eigenvalue weighted by Gasteiger charge is 2.19. The van der Waals surface area contributed by atoms with Crippen LogP contribution in [0.25, 0.3) is 47.1 Å². The molecule has 4 aromatic heterocycles. The molecule has 184 valence electrons. The number of ether oxygens (including phenoxy) is 2. The second kappa shape index (κ2) is 10.4. The molecule has 0 unspecified atom stereocenters. The molecule has 0 spiro atoms. The van der Waals surface area contributed by atoms with Crippen molar-refractivity contribution in [1.29, 1.82) is 0 Å². The minimum Gasteiger partial charge on any atom is -0.496 e. The van der Waals surface area contributed by atoms with E-state index in [-0.39, 0.29) is 0 Å². The number of allylic oxidation sites excluding steroid dienone is 1. The molecule has 5 rings (SSSR count). The van der Waals surface area contributed by atoms with Crippen molar-refractivity contribution in [1.82, 2.24) is 0 Å². The monoisotopic (exact) mass is 548 g/mol. The summed E-state index contributed by atoms with van der Waals surface area (Å²) in [7, 11) is 3.41. The van der Waals surface area contributed by atoms with E-state index in [1.807, 2.05) is 76.6 Å². The standard InChI is InChI=1S/C30H28O2S4/c1-7-8-20-15-24(32-6)21(16-23(20)31-5)10-11-22-12-14-26(34-22)28-19(4)30-29(36-28)18(3)27(35-30)25-13-9-17(2)33-25/h7-16H,1-6H3/b8-7+,11-10+. The van der Waals surface area contributed by atoms with Crippen LogP contribution in [0.5, 0.6) is 11.5 Å². The van der Waals surface area contributed by atoms with Crippen molar-refractivity contribution in [3.05, 3.63) is 74.5 Å². The highest BCUT2D eigenvalue weighted by Crippen LogP contribution is 2.50. The van der Waals surface area contributed by atoms with Crippen LogP contribution < -0.4 is 9.47 Å². The molecular formula is C30H28O2S4. The molecule has 4 heterocycles. The van der Waals surface area contributed by atoms with E-state index in [1.165, 1.54) is 49.8 Å². The number of methoxy groups -OCH3 is 2. The van der Waals surface area contributed by atoms with Crippen LogP contribution in [-0.4, -0.2) is 14.2 Å². The second-order valence-corrected chi connectivity index (χ2v) is 13.0. The van der Waals surface area contributed by atoms with Gasteiger partial charge in [-0.05, 0) is 87.4 Å². The number of fused-ring (bicyclic) bond motifs is 1. The normalized spacial score (nSPS) is 11.9. The van der Waals surface area contributed by atoms with Gasteiger partial charge in [0, 0.05) is 49.8 Å². The molecule has 0 bridgehead atoms. The van der Waals surface area contributed by atoms with Gasteiger partial charge in [-0.3, -0.25) is 0 Å². The fraction of sp³-hybridized carbons (Fsp3) is 0.200. The number of aryl methyl sites for hydroxylation is 3. The van der Waals surface area contributed by atoms with Crippen LogP contribution in [0.2, 0.25) is 0 Å². The molecule has 0 saturated carbocycles. The predicted molar refractivity (Wildman–Crippen MR) is 164 cm³/mol. The van der Waals surface area contributed by atoms with Gasteiger partial charge < -0.3 is 9.47 Å². The maximum Gasteiger partial charge on any atom is 0.126 e. The average Bonchev–Trinajstić information content (AvgIpc) is 3.65. The first-order chi connectivity index (χ1) is 17.4. The van der Waals surface area contributed by atoms with Crippen LogP contribution in [-0.2, 0) is 0 Å². The summed E-state index contributed by atoms with van der Waals surface area (Å²) in [4.78, 5) is 8.08. The molecule has 0 aliphatic heterocycles. The summed E-state index contributed by atoms with van der Waals surface area (Å²) < 4.78 is 14.1. The Morgan fingerprint density at radius 3 is 1.72 bits per heavy atom. The first-order valence-electron chi connectivity index (χ1n) is 11.7. The number of thiophene rings is 4. The lowest BCUT2D eigenvalue weighted by Gasteiger charge is -2.11. The van der Waals surface area contributed by atoms with Crippen molar-refractivity contribution in [2.45, 2.75) is 27.7 Å². The zero-order valence-electron chi connectivity index (χ0n) is 21.2. The fourth-order valence-electron chi connectivity index (χ4n) is 4.30. The Morgan fingerprint density at radius 2 is 1.19 bits per heavy atom. The van der Waals surface area contributed by atoms with Gasteiger partial charge >= 0.3 is 0 Å². The number of hydrogen-bond acceptors (Lipinski definition) is 6. The zero-order chi connectivity index (χ0) is 25.4. The fourth-order valence-corrected chi connectivity index (χ4v) is 9.21. The molecule has 36 heavy (non-hydrogen) atoms. The molecule has 1 aromatic carbocycles. The smallest absolute Gasteiger partial charge is 0.126 e. The van der Waals surface area contributed by atoms with Crippen molar-refractivity contribution < 1.29 is 9.47 Å². The van der Waals surface area contributed by atoms with E-state index in [1.54, 1.807) is 14.2 Å². The van der Waals surface area contributed by atoms with Crippen LogP contribution in [0, 0.1) is 20.8 Å². The van der Waals surface area contributed by atoms with E-state index in [0.29, 0.717) is 0 Å². The average molecular weight is 549 g/mol. The second-order valence-electron chi connectivity index (χ2n) is 8.55. The third kappa shape index (κ3) is 4.59. The largest absolute Gasteiger partial charge is 0.496 e. The summed E-state index contributed by atoms with van der Waals surface area (Å²) in [6.07, 6.45) is 8.30. The lowest BCUT2D eigenvalue weighted by molar-refractivity contribution is 0.401. The van der Waals surface area contributed by atoms with Gasteiger partial charge in [-0.1, -0.05) is 12.2 Å². The molecule has 0 saturated heterocycles. The van der Waals surface area contributed by atoms with Gasteiger partial charge in [0.05, 0.1) is 14.2 Å². The van der Waals surface area contributed by atoms with Gasteiger partial charge in [-0.2, -0.15) is 0 Å². The van der Waals surface area contributed by atoms with E-state index >= 15 is 0 Å². The summed E-state index contributed by atoms with van der Waals surface area (Å²) in [6, 6.07) is 13.0. The highest BCUT2D eigenvalue weighted by atomic mass is 32.1. The number of hydrogen-bond donors (Lipinski definition) is 0. The Morgan fingerprint density at radius 1 is 0.639 bits per heavy atom. The lowest BCUT2D eigenvalue weighted by Crippen LogP contribution is -1.93. The van der Waals surface area contributed by atoms with Crippen LogP contribution in [0.15, 0.2) is 42.5 Å². The Balaban J connectivity index is 1.45. The summed E-state index contributed by atoms with van der Waals surface area (Å²) in [5, 5.41) is 0. The summed E-state index contributed by atoms with van der Waals surface area (Å²) in [6.45, 7) is 8.72. The zero-order valence-corrected chi connectivity index (χ0v) is 24.5. The number of rotatable bonds is 7. The van der Waals surface area contributed by atoms with E-state index in [9.17, 15) is 0 Å². The van der Waals surface area contributed by atoms with E-state index in [2.05, 4.69) is 57.2 Å². The molecule has 0 amide bonds.